The molecule has 0 aliphatic carbocycles. The summed E-state index contributed by atoms with van der Waals surface area (Å²) >= 11 is 5.77. The van der Waals surface area contributed by atoms with E-state index in [0.29, 0.717) is 23.4 Å². The first kappa shape index (κ1) is 12.8. The lowest BCUT2D eigenvalue weighted by molar-refractivity contribution is 0.865. The summed E-state index contributed by atoms with van der Waals surface area (Å²) in [6.45, 7) is 5.09. The Labute approximate surface area is 112 Å². The molecule has 0 spiro atoms. The molecule has 1 heterocycles. The first-order valence-corrected chi connectivity index (χ1v) is 6.33. The van der Waals surface area contributed by atoms with E-state index in [9.17, 15) is 0 Å². The standard InChI is InChI=1S/C14H16ClN3/c1-10(2)12-5-3-11(4-6-12)7-17-14-9-16-8-13(15)18-14/h3-6,8-10H,7H2,1-2H3,(H,17,18). The van der Waals surface area contributed by atoms with Crippen LogP contribution in [0.2, 0.25) is 5.15 Å². The van der Waals surface area contributed by atoms with Gasteiger partial charge in [0, 0.05) is 6.54 Å². The minimum Gasteiger partial charge on any atom is -0.365 e. The second-order valence-corrected chi connectivity index (χ2v) is 4.86. The van der Waals surface area contributed by atoms with Crippen LogP contribution in [0.3, 0.4) is 0 Å². The summed E-state index contributed by atoms with van der Waals surface area (Å²) in [5.74, 6) is 1.25. The minimum atomic E-state index is 0.398. The largest absolute Gasteiger partial charge is 0.365 e. The third kappa shape index (κ3) is 3.44. The predicted molar refractivity (Wildman–Crippen MR) is 74.9 cm³/mol. The molecule has 0 amide bonds. The topological polar surface area (TPSA) is 37.8 Å². The molecule has 0 bridgehead atoms. The monoisotopic (exact) mass is 261 g/mol. The van der Waals surface area contributed by atoms with Gasteiger partial charge in [-0.05, 0) is 17.0 Å². The fourth-order valence-electron chi connectivity index (χ4n) is 1.64. The third-order valence-electron chi connectivity index (χ3n) is 2.73. The van der Waals surface area contributed by atoms with Crippen molar-refractivity contribution in [2.75, 3.05) is 5.32 Å². The van der Waals surface area contributed by atoms with Gasteiger partial charge in [0.2, 0.25) is 0 Å². The first-order chi connectivity index (χ1) is 8.65. The Kier molecular flexibility index (Phi) is 4.15. The molecule has 2 rings (SSSR count). The maximum atomic E-state index is 5.77. The van der Waals surface area contributed by atoms with Crippen molar-refractivity contribution in [3.8, 4) is 0 Å². The number of nitrogens with one attached hydrogen (secondary N) is 1. The van der Waals surface area contributed by atoms with Crippen molar-refractivity contribution in [1.82, 2.24) is 9.97 Å². The molecular formula is C14H16ClN3. The summed E-state index contributed by atoms with van der Waals surface area (Å²) in [6.07, 6.45) is 3.18. The Balaban J connectivity index is 1.98. The minimum absolute atomic E-state index is 0.398. The molecule has 1 aromatic carbocycles. The van der Waals surface area contributed by atoms with Crippen LogP contribution in [-0.4, -0.2) is 9.97 Å². The lowest BCUT2D eigenvalue weighted by Gasteiger charge is -2.08. The molecule has 3 nitrogen and oxygen atoms in total. The van der Waals surface area contributed by atoms with Crippen LogP contribution in [0.4, 0.5) is 5.82 Å². The Morgan fingerprint density at radius 3 is 2.50 bits per heavy atom. The van der Waals surface area contributed by atoms with Crippen LogP contribution in [0.15, 0.2) is 36.7 Å². The molecule has 0 fully saturated rings. The molecule has 0 unspecified atom stereocenters. The van der Waals surface area contributed by atoms with Gasteiger partial charge in [-0.2, -0.15) is 0 Å². The zero-order valence-corrected chi connectivity index (χ0v) is 11.3. The van der Waals surface area contributed by atoms with E-state index in [4.69, 9.17) is 11.6 Å². The number of benzene rings is 1. The molecule has 0 saturated heterocycles. The van der Waals surface area contributed by atoms with E-state index in [0.717, 1.165) is 0 Å². The third-order valence-corrected chi connectivity index (χ3v) is 2.91. The van der Waals surface area contributed by atoms with Gasteiger partial charge in [-0.15, -0.1) is 0 Å². The van der Waals surface area contributed by atoms with E-state index in [2.05, 4.69) is 53.4 Å². The van der Waals surface area contributed by atoms with Crippen LogP contribution in [-0.2, 0) is 6.54 Å². The molecule has 0 atom stereocenters. The fraction of sp³-hybridized carbons (Fsp3) is 0.286. The molecule has 0 radical (unpaired) electrons. The maximum Gasteiger partial charge on any atom is 0.149 e. The van der Waals surface area contributed by atoms with E-state index >= 15 is 0 Å². The molecule has 0 saturated carbocycles. The normalized spacial score (nSPS) is 10.7. The van der Waals surface area contributed by atoms with Gasteiger partial charge in [0.15, 0.2) is 0 Å². The molecule has 94 valence electrons. The van der Waals surface area contributed by atoms with Crippen molar-refractivity contribution in [1.29, 1.82) is 0 Å². The molecular weight excluding hydrogens is 246 g/mol. The van der Waals surface area contributed by atoms with Gasteiger partial charge in [-0.3, -0.25) is 4.98 Å². The number of hydrogen-bond acceptors (Lipinski definition) is 3. The first-order valence-electron chi connectivity index (χ1n) is 5.95. The van der Waals surface area contributed by atoms with Gasteiger partial charge in [-0.1, -0.05) is 49.7 Å². The van der Waals surface area contributed by atoms with Gasteiger partial charge in [0.1, 0.15) is 11.0 Å². The molecule has 0 aliphatic heterocycles. The Bertz CT molecular complexity index is 509. The zero-order chi connectivity index (χ0) is 13.0. The van der Waals surface area contributed by atoms with Crippen molar-refractivity contribution in [3.05, 3.63) is 52.9 Å². The number of aromatic nitrogens is 2. The van der Waals surface area contributed by atoms with Gasteiger partial charge in [-0.25, -0.2) is 4.98 Å². The van der Waals surface area contributed by atoms with Crippen molar-refractivity contribution < 1.29 is 0 Å². The highest BCUT2D eigenvalue weighted by atomic mass is 35.5. The fourth-order valence-corrected chi connectivity index (χ4v) is 1.79. The van der Waals surface area contributed by atoms with Crippen LogP contribution in [0.25, 0.3) is 0 Å². The Morgan fingerprint density at radius 1 is 1.17 bits per heavy atom. The van der Waals surface area contributed by atoms with Crippen LogP contribution in [0, 0.1) is 0 Å². The number of rotatable bonds is 4. The number of halogens is 1. The highest BCUT2D eigenvalue weighted by molar-refractivity contribution is 6.29. The summed E-state index contributed by atoms with van der Waals surface area (Å²) in [5.41, 5.74) is 2.56. The molecule has 1 N–H and O–H groups in total. The Hall–Kier alpha value is -1.61. The summed E-state index contributed by atoms with van der Waals surface area (Å²) in [7, 11) is 0. The zero-order valence-electron chi connectivity index (χ0n) is 10.5. The van der Waals surface area contributed by atoms with Gasteiger partial charge in [0.05, 0.1) is 12.4 Å². The highest BCUT2D eigenvalue weighted by Crippen LogP contribution is 2.15. The molecule has 1 aromatic heterocycles. The van der Waals surface area contributed by atoms with E-state index in [1.807, 2.05) is 0 Å². The van der Waals surface area contributed by atoms with Crippen molar-refractivity contribution in [2.45, 2.75) is 26.3 Å². The van der Waals surface area contributed by atoms with E-state index < -0.39 is 0 Å². The second kappa shape index (κ2) is 5.83. The molecule has 0 aliphatic rings. The van der Waals surface area contributed by atoms with Crippen molar-refractivity contribution in [2.24, 2.45) is 0 Å². The Morgan fingerprint density at radius 2 is 1.89 bits per heavy atom. The lowest BCUT2D eigenvalue weighted by atomic mass is 10.0. The predicted octanol–water partition coefficient (Wildman–Crippen LogP) is 3.87. The lowest BCUT2D eigenvalue weighted by Crippen LogP contribution is -2.02. The average Bonchev–Trinajstić information content (AvgIpc) is 2.37. The van der Waals surface area contributed by atoms with Gasteiger partial charge < -0.3 is 5.32 Å². The quantitative estimate of drug-likeness (QED) is 0.908. The van der Waals surface area contributed by atoms with Crippen molar-refractivity contribution >= 4 is 17.4 Å². The SMILES string of the molecule is CC(C)c1ccc(CNc2cncc(Cl)n2)cc1. The number of anilines is 1. The van der Waals surface area contributed by atoms with Gasteiger partial charge >= 0.3 is 0 Å². The van der Waals surface area contributed by atoms with Crippen LogP contribution < -0.4 is 5.32 Å². The number of hydrogen-bond donors (Lipinski definition) is 1. The second-order valence-electron chi connectivity index (χ2n) is 4.48. The van der Waals surface area contributed by atoms with Crippen LogP contribution in [0.1, 0.15) is 30.9 Å². The van der Waals surface area contributed by atoms with Crippen LogP contribution >= 0.6 is 11.6 Å². The summed E-state index contributed by atoms with van der Waals surface area (Å²) < 4.78 is 0. The summed E-state index contributed by atoms with van der Waals surface area (Å²) in [6, 6.07) is 8.57. The highest BCUT2D eigenvalue weighted by Gasteiger charge is 2.00. The average molecular weight is 262 g/mol. The van der Waals surface area contributed by atoms with Crippen LogP contribution in [0.5, 0.6) is 0 Å². The molecule has 2 aromatic rings. The van der Waals surface area contributed by atoms with E-state index in [1.165, 1.54) is 17.3 Å². The number of nitrogens with zero attached hydrogens (tertiary/aromatic N) is 2. The van der Waals surface area contributed by atoms with E-state index in [-0.39, 0.29) is 0 Å². The van der Waals surface area contributed by atoms with Gasteiger partial charge in [0.25, 0.3) is 0 Å². The smallest absolute Gasteiger partial charge is 0.149 e. The van der Waals surface area contributed by atoms with E-state index in [1.54, 1.807) is 6.20 Å². The van der Waals surface area contributed by atoms with Crippen molar-refractivity contribution in [3.63, 3.8) is 0 Å². The summed E-state index contributed by atoms with van der Waals surface area (Å²) in [5, 5.41) is 3.59. The molecule has 18 heavy (non-hydrogen) atoms. The molecule has 4 heteroatoms. The summed E-state index contributed by atoms with van der Waals surface area (Å²) in [4.78, 5) is 8.10. The maximum absolute atomic E-state index is 5.77.